The number of aromatic nitrogens is 2. The highest BCUT2D eigenvalue weighted by atomic mass is 19.1. The second-order valence-corrected chi connectivity index (χ2v) is 7.91. The quantitative estimate of drug-likeness (QED) is 0.648. The SMILES string of the molecule is Cc1cc(-c2ccc(CN3CCN(C(=O)On4c(O)ccc4O)CC3)c(F)c2)cc(C)n1. The zero-order valence-corrected chi connectivity index (χ0v) is 18.0. The van der Waals surface area contributed by atoms with Crippen LogP contribution in [0, 0.1) is 19.7 Å². The Bertz CT molecular complexity index is 1100. The summed E-state index contributed by atoms with van der Waals surface area (Å²) in [6, 6.07) is 11.6. The molecule has 2 aromatic heterocycles. The first-order chi connectivity index (χ1) is 15.3. The van der Waals surface area contributed by atoms with Gasteiger partial charge >= 0.3 is 6.09 Å². The maximum Gasteiger partial charge on any atom is 0.434 e. The topological polar surface area (TPSA) is 91.1 Å². The van der Waals surface area contributed by atoms with Crippen molar-refractivity contribution in [3.8, 4) is 22.9 Å². The number of carbonyl (C=O) groups excluding carboxylic acids is 1. The summed E-state index contributed by atoms with van der Waals surface area (Å²) in [6.07, 6.45) is -0.676. The van der Waals surface area contributed by atoms with Gasteiger partial charge in [-0.25, -0.2) is 9.18 Å². The molecule has 0 spiro atoms. The molecule has 3 aromatic rings. The fourth-order valence-electron chi connectivity index (χ4n) is 3.82. The normalized spacial score (nSPS) is 14.5. The number of hydrogen-bond acceptors (Lipinski definition) is 6. The lowest BCUT2D eigenvalue weighted by Gasteiger charge is -2.34. The number of halogens is 1. The van der Waals surface area contributed by atoms with Crippen molar-refractivity contribution < 1.29 is 24.2 Å². The van der Waals surface area contributed by atoms with Gasteiger partial charge in [0.25, 0.3) is 0 Å². The zero-order valence-electron chi connectivity index (χ0n) is 18.0. The third-order valence-electron chi connectivity index (χ3n) is 5.46. The summed E-state index contributed by atoms with van der Waals surface area (Å²) in [7, 11) is 0. The summed E-state index contributed by atoms with van der Waals surface area (Å²) in [5.74, 6) is -1.01. The molecule has 0 saturated carbocycles. The van der Waals surface area contributed by atoms with Crippen LogP contribution in [-0.2, 0) is 6.54 Å². The molecule has 9 heteroatoms. The predicted molar refractivity (Wildman–Crippen MR) is 116 cm³/mol. The molecule has 0 atom stereocenters. The van der Waals surface area contributed by atoms with E-state index in [4.69, 9.17) is 4.84 Å². The van der Waals surface area contributed by atoms with E-state index in [0.29, 0.717) is 43.0 Å². The lowest BCUT2D eigenvalue weighted by Crippen LogP contribution is -2.50. The van der Waals surface area contributed by atoms with Crippen LogP contribution in [0.1, 0.15) is 17.0 Å². The number of hydrogen-bond donors (Lipinski definition) is 2. The Labute approximate surface area is 185 Å². The fourth-order valence-corrected chi connectivity index (χ4v) is 3.82. The maximum atomic E-state index is 14.8. The third kappa shape index (κ3) is 4.67. The molecule has 2 N–H and O–H groups in total. The van der Waals surface area contributed by atoms with Gasteiger partial charge in [0, 0.05) is 61.8 Å². The van der Waals surface area contributed by atoms with Crippen LogP contribution in [0.4, 0.5) is 9.18 Å². The smallest absolute Gasteiger partial charge is 0.434 e. The molecule has 168 valence electrons. The largest absolute Gasteiger partial charge is 0.492 e. The fraction of sp³-hybridized carbons (Fsp3) is 0.304. The summed E-state index contributed by atoms with van der Waals surface area (Å²) in [5, 5.41) is 19.2. The standard InChI is InChI=1S/C23H25FN4O4/c1-15-11-19(12-16(2)25-15)17-3-4-18(20(24)13-17)14-26-7-9-27(10-8-26)23(31)32-28-21(29)5-6-22(28)30/h3-6,11-13,29-30H,7-10,14H2,1-2H3. The summed E-state index contributed by atoms with van der Waals surface area (Å²) >= 11 is 0. The molecule has 1 fully saturated rings. The minimum absolute atomic E-state index is 0.269. The van der Waals surface area contributed by atoms with Gasteiger partial charge < -0.3 is 20.0 Å². The van der Waals surface area contributed by atoms with E-state index in [0.717, 1.165) is 22.5 Å². The predicted octanol–water partition coefficient (Wildman–Crippen LogP) is 3.08. The molecule has 0 unspecified atom stereocenters. The van der Waals surface area contributed by atoms with Crippen molar-refractivity contribution in [1.29, 1.82) is 0 Å². The van der Waals surface area contributed by atoms with Crippen LogP contribution in [0.5, 0.6) is 11.8 Å². The number of aryl methyl sites for hydroxylation is 2. The van der Waals surface area contributed by atoms with E-state index in [1.54, 1.807) is 12.1 Å². The molecule has 0 radical (unpaired) electrons. The first kappa shape index (κ1) is 21.6. The number of amides is 1. The highest BCUT2D eigenvalue weighted by Crippen LogP contribution is 2.24. The zero-order chi connectivity index (χ0) is 22.8. The maximum absolute atomic E-state index is 14.8. The second kappa shape index (κ2) is 8.88. The van der Waals surface area contributed by atoms with Crippen molar-refractivity contribution >= 4 is 6.09 Å². The second-order valence-electron chi connectivity index (χ2n) is 7.91. The first-order valence-corrected chi connectivity index (χ1v) is 10.3. The first-order valence-electron chi connectivity index (χ1n) is 10.3. The van der Waals surface area contributed by atoms with Gasteiger partial charge in [-0.3, -0.25) is 9.88 Å². The van der Waals surface area contributed by atoms with Gasteiger partial charge in [-0.1, -0.05) is 12.1 Å². The van der Waals surface area contributed by atoms with Gasteiger partial charge in [0.05, 0.1) is 0 Å². The molecule has 8 nitrogen and oxygen atoms in total. The molecule has 3 heterocycles. The van der Waals surface area contributed by atoms with E-state index in [-0.39, 0.29) is 17.6 Å². The molecule has 1 amide bonds. The minimum atomic E-state index is -0.676. The Hall–Kier alpha value is -3.59. The average Bonchev–Trinajstić information content (AvgIpc) is 3.07. The Morgan fingerprint density at radius 1 is 0.969 bits per heavy atom. The molecule has 1 saturated heterocycles. The summed E-state index contributed by atoms with van der Waals surface area (Å²) in [5.41, 5.74) is 4.12. The van der Waals surface area contributed by atoms with Crippen LogP contribution >= 0.6 is 0 Å². The molecule has 1 aliphatic rings. The van der Waals surface area contributed by atoms with E-state index >= 15 is 0 Å². The van der Waals surface area contributed by atoms with Crippen molar-refractivity contribution in [2.45, 2.75) is 20.4 Å². The average molecular weight is 440 g/mol. The molecule has 1 aliphatic heterocycles. The van der Waals surface area contributed by atoms with Crippen molar-refractivity contribution in [3.05, 3.63) is 65.2 Å². The highest BCUT2D eigenvalue weighted by molar-refractivity contribution is 5.68. The van der Waals surface area contributed by atoms with E-state index in [2.05, 4.69) is 9.88 Å². The number of pyridine rings is 1. The van der Waals surface area contributed by atoms with Crippen molar-refractivity contribution in [2.75, 3.05) is 26.2 Å². The van der Waals surface area contributed by atoms with Crippen LogP contribution in [0.15, 0.2) is 42.5 Å². The van der Waals surface area contributed by atoms with E-state index in [9.17, 15) is 19.4 Å². The van der Waals surface area contributed by atoms with Crippen LogP contribution in [-0.4, -0.2) is 62.0 Å². The van der Waals surface area contributed by atoms with Gasteiger partial charge in [-0.2, -0.15) is 0 Å². The van der Waals surface area contributed by atoms with E-state index < -0.39 is 6.09 Å². The number of carbonyl (C=O) groups is 1. The molecule has 0 bridgehead atoms. The summed E-state index contributed by atoms with van der Waals surface area (Å²) in [6.45, 7) is 6.13. The van der Waals surface area contributed by atoms with E-state index in [1.165, 1.54) is 17.0 Å². The van der Waals surface area contributed by atoms with Crippen molar-refractivity contribution in [1.82, 2.24) is 19.5 Å². The van der Waals surface area contributed by atoms with Gasteiger partial charge in [0.1, 0.15) is 5.82 Å². The van der Waals surface area contributed by atoms with E-state index in [1.807, 2.05) is 32.0 Å². The van der Waals surface area contributed by atoms with Crippen molar-refractivity contribution in [3.63, 3.8) is 0 Å². The molecule has 32 heavy (non-hydrogen) atoms. The Morgan fingerprint density at radius 2 is 1.59 bits per heavy atom. The highest BCUT2D eigenvalue weighted by Gasteiger charge is 2.25. The summed E-state index contributed by atoms with van der Waals surface area (Å²) < 4.78 is 15.5. The van der Waals surface area contributed by atoms with Crippen molar-refractivity contribution in [2.24, 2.45) is 0 Å². The van der Waals surface area contributed by atoms with Crippen LogP contribution in [0.3, 0.4) is 0 Å². The summed E-state index contributed by atoms with van der Waals surface area (Å²) in [4.78, 5) is 25.2. The monoisotopic (exact) mass is 440 g/mol. The van der Waals surface area contributed by atoms with Gasteiger partial charge in [-0.15, -0.1) is 4.73 Å². The lowest BCUT2D eigenvalue weighted by molar-refractivity contribution is 0.0554. The minimum Gasteiger partial charge on any atom is -0.492 e. The molecule has 0 aliphatic carbocycles. The van der Waals surface area contributed by atoms with Gasteiger partial charge in [0.2, 0.25) is 11.8 Å². The number of piperazine rings is 1. The van der Waals surface area contributed by atoms with Gasteiger partial charge in [-0.05, 0) is 43.2 Å². The lowest BCUT2D eigenvalue weighted by atomic mass is 10.0. The van der Waals surface area contributed by atoms with Crippen LogP contribution in [0.2, 0.25) is 0 Å². The molecule has 1 aromatic carbocycles. The molecular weight excluding hydrogens is 415 g/mol. The molecule has 4 rings (SSSR count). The van der Waals surface area contributed by atoms with Crippen LogP contribution in [0.25, 0.3) is 11.1 Å². The number of benzene rings is 1. The number of aromatic hydroxyl groups is 2. The van der Waals surface area contributed by atoms with Crippen LogP contribution < -0.4 is 4.84 Å². The van der Waals surface area contributed by atoms with Gasteiger partial charge in [0.15, 0.2) is 0 Å². The Kier molecular flexibility index (Phi) is 6.00. The third-order valence-corrected chi connectivity index (χ3v) is 5.46. The molecular formula is C23H25FN4O4. The Morgan fingerprint density at radius 3 is 2.19 bits per heavy atom. The number of nitrogens with zero attached hydrogens (tertiary/aromatic N) is 4. The Balaban J connectivity index is 1.35. The number of rotatable bonds is 4.